The van der Waals surface area contributed by atoms with Gasteiger partial charge in [-0.3, -0.25) is 0 Å². The zero-order valence-corrected chi connectivity index (χ0v) is 10.0. The third-order valence-electron chi connectivity index (χ3n) is 3.88. The molecule has 1 aromatic carbocycles. The molecular weight excluding hydrogens is 192 g/mol. The summed E-state index contributed by atoms with van der Waals surface area (Å²) in [5.41, 5.74) is 2.92. The van der Waals surface area contributed by atoms with Gasteiger partial charge < -0.3 is 0 Å². The summed E-state index contributed by atoms with van der Waals surface area (Å²) in [6.07, 6.45) is 9.84. The molecule has 0 amide bonds. The molecule has 0 N–H and O–H groups in total. The molecule has 2 aliphatic carbocycles. The van der Waals surface area contributed by atoms with Crippen molar-refractivity contribution in [2.75, 3.05) is 0 Å². The van der Waals surface area contributed by atoms with Crippen LogP contribution in [0.15, 0.2) is 29.8 Å². The minimum absolute atomic E-state index is 0.735. The Kier molecular flexibility index (Phi) is 2.24. The molecule has 0 heterocycles. The summed E-state index contributed by atoms with van der Waals surface area (Å²) < 4.78 is 0. The Balaban J connectivity index is 2.13. The number of allylic oxidation sites excluding steroid dienone is 2. The van der Waals surface area contributed by atoms with Crippen LogP contribution in [0.4, 0.5) is 0 Å². The predicted octanol–water partition coefficient (Wildman–Crippen LogP) is 2.54. The summed E-state index contributed by atoms with van der Waals surface area (Å²) in [6.45, 7) is 4.43. The standard InChI is InChI=1S/C16H18/c1-11-3-5-13-9-14-6-4-12(2)8-16(14)10-15(13)7-11/h3-5,7,9-10,14,16H,6,8H2,1-2H3. The second-order valence-electron chi connectivity index (χ2n) is 5.28. The highest BCUT2D eigenvalue weighted by atomic mass is 14.3. The molecule has 0 fully saturated rings. The van der Waals surface area contributed by atoms with Gasteiger partial charge in [-0.05, 0) is 49.0 Å². The molecule has 0 nitrogen and oxygen atoms in total. The van der Waals surface area contributed by atoms with Crippen molar-refractivity contribution in [3.05, 3.63) is 45.8 Å². The van der Waals surface area contributed by atoms with E-state index >= 15 is 0 Å². The molecule has 82 valence electrons. The van der Waals surface area contributed by atoms with Crippen LogP contribution in [0, 0.1) is 18.8 Å². The van der Waals surface area contributed by atoms with Gasteiger partial charge >= 0.3 is 0 Å². The van der Waals surface area contributed by atoms with Gasteiger partial charge in [0.15, 0.2) is 0 Å². The minimum atomic E-state index is 0.735. The minimum Gasteiger partial charge on any atom is -0.0850 e. The van der Waals surface area contributed by atoms with Crippen molar-refractivity contribution in [3.8, 4) is 0 Å². The Hall–Kier alpha value is -1.30. The Morgan fingerprint density at radius 1 is 1.00 bits per heavy atom. The van der Waals surface area contributed by atoms with Crippen molar-refractivity contribution in [1.82, 2.24) is 0 Å². The van der Waals surface area contributed by atoms with E-state index in [2.05, 4.69) is 50.3 Å². The van der Waals surface area contributed by atoms with Gasteiger partial charge in [-0.2, -0.15) is 0 Å². The topological polar surface area (TPSA) is 0 Å². The Labute approximate surface area is 97.0 Å². The van der Waals surface area contributed by atoms with E-state index in [0.717, 1.165) is 11.8 Å². The van der Waals surface area contributed by atoms with E-state index in [9.17, 15) is 0 Å². The van der Waals surface area contributed by atoms with Crippen molar-refractivity contribution in [2.45, 2.75) is 26.7 Å². The molecule has 3 rings (SSSR count). The molecule has 0 saturated carbocycles. The first-order chi connectivity index (χ1) is 7.72. The van der Waals surface area contributed by atoms with Gasteiger partial charge in [0, 0.05) is 0 Å². The molecule has 0 radical (unpaired) electrons. The van der Waals surface area contributed by atoms with Crippen LogP contribution < -0.4 is 10.4 Å². The van der Waals surface area contributed by atoms with E-state index in [0.29, 0.717) is 0 Å². The molecule has 1 aromatic rings. The number of hydrogen-bond donors (Lipinski definition) is 0. The average molecular weight is 210 g/mol. The van der Waals surface area contributed by atoms with Gasteiger partial charge in [-0.1, -0.05) is 47.6 Å². The SMILES string of the molecule is CC1=CCC2C=c3ccc(C)cc3=CC2C1. The van der Waals surface area contributed by atoms with Crippen molar-refractivity contribution >= 4 is 12.2 Å². The molecule has 0 spiro atoms. The van der Waals surface area contributed by atoms with Crippen molar-refractivity contribution < 1.29 is 0 Å². The van der Waals surface area contributed by atoms with E-state index in [1.807, 2.05) is 0 Å². The van der Waals surface area contributed by atoms with E-state index in [-0.39, 0.29) is 0 Å². The van der Waals surface area contributed by atoms with Crippen molar-refractivity contribution in [1.29, 1.82) is 0 Å². The van der Waals surface area contributed by atoms with Crippen LogP contribution in [0.1, 0.15) is 25.3 Å². The van der Waals surface area contributed by atoms with Crippen LogP contribution in [0.3, 0.4) is 0 Å². The smallest absolute Gasteiger partial charge is 0.0121 e. The summed E-state index contributed by atoms with van der Waals surface area (Å²) in [7, 11) is 0. The fourth-order valence-electron chi connectivity index (χ4n) is 2.94. The first-order valence-electron chi connectivity index (χ1n) is 6.18. The second-order valence-corrected chi connectivity index (χ2v) is 5.28. The third-order valence-corrected chi connectivity index (χ3v) is 3.88. The van der Waals surface area contributed by atoms with Crippen molar-refractivity contribution in [2.24, 2.45) is 11.8 Å². The lowest BCUT2D eigenvalue weighted by Gasteiger charge is -2.28. The molecule has 16 heavy (non-hydrogen) atoms. The fourth-order valence-corrected chi connectivity index (χ4v) is 2.94. The average Bonchev–Trinajstić information content (AvgIpc) is 2.26. The molecule has 2 aliphatic rings. The van der Waals surface area contributed by atoms with Gasteiger partial charge in [0.05, 0.1) is 0 Å². The summed E-state index contributed by atoms with van der Waals surface area (Å²) in [4.78, 5) is 0. The Morgan fingerprint density at radius 2 is 1.81 bits per heavy atom. The van der Waals surface area contributed by atoms with Crippen LogP contribution in [-0.4, -0.2) is 0 Å². The second kappa shape index (κ2) is 3.62. The van der Waals surface area contributed by atoms with Gasteiger partial charge in [0.25, 0.3) is 0 Å². The van der Waals surface area contributed by atoms with Gasteiger partial charge in [-0.15, -0.1) is 0 Å². The largest absolute Gasteiger partial charge is 0.0850 e. The number of rotatable bonds is 0. The van der Waals surface area contributed by atoms with Gasteiger partial charge in [0.1, 0.15) is 0 Å². The monoisotopic (exact) mass is 210 g/mol. The molecule has 0 heteroatoms. The summed E-state index contributed by atoms with van der Waals surface area (Å²) >= 11 is 0. The number of benzene rings is 1. The Bertz CT molecular complexity index is 560. The molecule has 0 aliphatic heterocycles. The fraction of sp³-hybridized carbons (Fsp3) is 0.375. The third kappa shape index (κ3) is 1.63. The molecule has 2 unspecified atom stereocenters. The van der Waals surface area contributed by atoms with Crippen LogP contribution in [0.2, 0.25) is 0 Å². The summed E-state index contributed by atoms with van der Waals surface area (Å²) in [6, 6.07) is 6.80. The maximum atomic E-state index is 2.49. The van der Waals surface area contributed by atoms with Crippen LogP contribution in [-0.2, 0) is 0 Å². The maximum Gasteiger partial charge on any atom is -0.0121 e. The number of fused-ring (bicyclic) bond motifs is 2. The van der Waals surface area contributed by atoms with Crippen molar-refractivity contribution in [3.63, 3.8) is 0 Å². The lowest BCUT2D eigenvalue weighted by atomic mass is 9.77. The summed E-state index contributed by atoms with van der Waals surface area (Å²) in [5.74, 6) is 1.47. The highest BCUT2D eigenvalue weighted by molar-refractivity contribution is 5.46. The lowest BCUT2D eigenvalue weighted by molar-refractivity contribution is 0.492. The molecule has 2 atom stereocenters. The number of aryl methyl sites for hydroxylation is 1. The van der Waals surface area contributed by atoms with Crippen LogP contribution >= 0.6 is 0 Å². The maximum absolute atomic E-state index is 2.49. The van der Waals surface area contributed by atoms with Crippen LogP contribution in [0.5, 0.6) is 0 Å². The Morgan fingerprint density at radius 3 is 2.69 bits per heavy atom. The zero-order chi connectivity index (χ0) is 11.1. The predicted molar refractivity (Wildman–Crippen MR) is 69.3 cm³/mol. The van der Waals surface area contributed by atoms with E-state index in [1.54, 1.807) is 5.57 Å². The van der Waals surface area contributed by atoms with E-state index < -0.39 is 0 Å². The van der Waals surface area contributed by atoms with Crippen LogP contribution in [0.25, 0.3) is 12.2 Å². The lowest BCUT2D eigenvalue weighted by Crippen LogP contribution is -2.33. The molecular formula is C16H18. The number of hydrogen-bond acceptors (Lipinski definition) is 0. The highest BCUT2D eigenvalue weighted by Gasteiger charge is 2.22. The van der Waals surface area contributed by atoms with Gasteiger partial charge in [-0.25, -0.2) is 0 Å². The molecule has 0 bridgehead atoms. The highest BCUT2D eigenvalue weighted by Crippen LogP contribution is 2.32. The van der Waals surface area contributed by atoms with E-state index in [1.165, 1.54) is 28.8 Å². The first-order valence-corrected chi connectivity index (χ1v) is 6.18. The summed E-state index contributed by atoms with van der Waals surface area (Å²) in [5, 5.41) is 2.87. The normalized spacial score (nSPS) is 27.0. The van der Waals surface area contributed by atoms with E-state index in [4.69, 9.17) is 0 Å². The molecule has 0 saturated heterocycles. The quantitative estimate of drug-likeness (QED) is 0.577. The zero-order valence-electron chi connectivity index (χ0n) is 10.0. The molecule has 0 aromatic heterocycles. The van der Waals surface area contributed by atoms with Gasteiger partial charge in [0.2, 0.25) is 0 Å². The first kappa shape index (κ1) is 9.89.